The minimum absolute atomic E-state index is 0. The summed E-state index contributed by atoms with van der Waals surface area (Å²) in [5, 5.41) is 10.7. The van der Waals surface area contributed by atoms with Crippen LogP contribution in [0.1, 0.15) is 25.0 Å². The highest BCUT2D eigenvalue weighted by Crippen LogP contribution is 2.17. The summed E-state index contributed by atoms with van der Waals surface area (Å²) in [6.07, 6.45) is 0. The van der Waals surface area contributed by atoms with Gasteiger partial charge in [0.05, 0.1) is 4.92 Å². The molecule has 0 aliphatic heterocycles. The Morgan fingerprint density at radius 2 is 1.70 bits per heavy atom. The van der Waals surface area contributed by atoms with Gasteiger partial charge in [-0.15, -0.1) is 12.4 Å². The average molecular weight is 336 g/mol. The van der Waals surface area contributed by atoms with Gasteiger partial charge in [0, 0.05) is 37.0 Å². The van der Waals surface area contributed by atoms with E-state index in [0.717, 1.165) is 29.9 Å². The van der Waals surface area contributed by atoms with Crippen molar-refractivity contribution in [2.24, 2.45) is 0 Å². The molecule has 0 unspecified atom stereocenters. The minimum Gasteiger partial charge on any atom is -0.399 e. The van der Waals surface area contributed by atoms with Gasteiger partial charge in [-0.25, -0.2) is 0 Å². The fourth-order valence-electron chi connectivity index (χ4n) is 2.30. The number of benzene rings is 2. The minimum atomic E-state index is -0.378. The van der Waals surface area contributed by atoms with Crippen LogP contribution in [0.5, 0.6) is 0 Å². The molecule has 0 bridgehead atoms. The number of nitro benzene ring substituents is 1. The van der Waals surface area contributed by atoms with Crippen molar-refractivity contribution in [3.8, 4) is 0 Å². The summed E-state index contributed by atoms with van der Waals surface area (Å²) in [6, 6.07) is 14.9. The van der Waals surface area contributed by atoms with Gasteiger partial charge in [0.25, 0.3) is 5.69 Å². The summed E-state index contributed by atoms with van der Waals surface area (Å²) in [5.41, 5.74) is 8.93. The number of anilines is 1. The van der Waals surface area contributed by atoms with Crippen molar-refractivity contribution in [3.05, 3.63) is 69.8 Å². The Labute approximate surface area is 142 Å². The van der Waals surface area contributed by atoms with Crippen molar-refractivity contribution in [2.75, 3.05) is 5.73 Å². The first-order valence-corrected chi connectivity index (χ1v) is 7.27. The monoisotopic (exact) mass is 335 g/mol. The first-order valence-electron chi connectivity index (χ1n) is 7.27. The molecule has 0 atom stereocenters. The lowest BCUT2D eigenvalue weighted by molar-refractivity contribution is -0.384. The standard InChI is InChI=1S/C17H21N3O2.ClH/c1-13(2)19(12-15-4-3-5-16(18)10-15)11-14-6-8-17(9-7-14)20(21)22;/h3-10,13H,11-12,18H2,1-2H3;1H. The highest BCUT2D eigenvalue weighted by molar-refractivity contribution is 5.85. The van der Waals surface area contributed by atoms with Gasteiger partial charge in [-0.1, -0.05) is 24.3 Å². The topological polar surface area (TPSA) is 72.4 Å². The summed E-state index contributed by atoms with van der Waals surface area (Å²) in [4.78, 5) is 12.6. The molecule has 124 valence electrons. The van der Waals surface area contributed by atoms with Crippen LogP contribution in [0.4, 0.5) is 11.4 Å². The van der Waals surface area contributed by atoms with E-state index in [1.807, 2.05) is 30.3 Å². The molecule has 0 amide bonds. The summed E-state index contributed by atoms with van der Waals surface area (Å²) in [6.45, 7) is 5.81. The molecule has 0 aromatic heterocycles. The van der Waals surface area contributed by atoms with Crippen molar-refractivity contribution in [1.82, 2.24) is 4.90 Å². The lowest BCUT2D eigenvalue weighted by atomic mass is 10.1. The van der Waals surface area contributed by atoms with E-state index in [-0.39, 0.29) is 23.0 Å². The molecule has 0 saturated carbocycles. The Bertz CT molecular complexity index is 645. The van der Waals surface area contributed by atoms with Gasteiger partial charge in [0.15, 0.2) is 0 Å². The van der Waals surface area contributed by atoms with Crippen LogP contribution >= 0.6 is 12.4 Å². The molecule has 23 heavy (non-hydrogen) atoms. The highest BCUT2D eigenvalue weighted by Gasteiger charge is 2.12. The maximum atomic E-state index is 10.7. The molecule has 2 aromatic carbocycles. The number of nitrogens with two attached hydrogens (primary N) is 1. The quantitative estimate of drug-likeness (QED) is 0.492. The number of nitro groups is 1. The molecule has 0 saturated heterocycles. The number of non-ortho nitro benzene ring substituents is 1. The Morgan fingerprint density at radius 1 is 1.09 bits per heavy atom. The van der Waals surface area contributed by atoms with Gasteiger partial charge in [-0.3, -0.25) is 15.0 Å². The van der Waals surface area contributed by atoms with Crippen LogP contribution in [0.2, 0.25) is 0 Å². The van der Waals surface area contributed by atoms with Gasteiger partial charge < -0.3 is 5.73 Å². The molecule has 0 heterocycles. The maximum absolute atomic E-state index is 10.7. The summed E-state index contributed by atoms with van der Waals surface area (Å²) in [7, 11) is 0. The number of nitrogens with zero attached hydrogens (tertiary/aromatic N) is 2. The normalized spacial score (nSPS) is 10.6. The Morgan fingerprint density at radius 3 is 2.22 bits per heavy atom. The van der Waals surface area contributed by atoms with Gasteiger partial charge in [0.1, 0.15) is 0 Å². The highest BCUT2D eigenvalue weighted by atomic mass is 35.5. The summed E-state index contributed by atoms with van der Waals surface area (Å²) >= 11 is 0. The third kappa shape index (κ3) is 5.54. The zero-order valence-corrected chi connectivity index (χ0v) is 14.1. The molecule has 6 heteroatoms. The van der Waals surface area contributed by atoms with Crippen molar-refractivity contribution < 1.29 is 4.92 Å². The fourth-order valence-corrected chi connectivity index (χ4v) is 2.30. The lowest BCUT2D eigenvalue weighted by Crippen LogP contribution is -2.29. The van der Waals surface area contributed by atoms with E-state index in [1.165, 1.54) is 0 Å². The van der Waals surface area contributed by atoms with Crippen LogP contribution < -0.4 is 5.73 Å². The predicted octanol–water partition coefficient (Wildman–Crippen LogP) is 4.01. The predicted molar refractivity (Wildman–Crippen MR) is 95.6 cm³/mol. The van der Waals surface area contributed by atoms with Crippen LogP contribution in [0.25, 0.3) is 0 Å². The van der Waals surface area contributed by atoms with Crippen LogP contribution in [-0.2, 0) is 13.1 Å². The van der Waals surface area contributed by atoms with Gasteiger partial charge >= 0.3 is 0 Å². The van der Waals surface area contributed by atoms with Crippen LogP contribution in [-0.4, -0.2) is 15.9 Å². The van der Waals surface area contributed by atoms with Gasteiger partial charge in [0.2, 0.25) is 0 Å². The van der Waals surface area contributed by atoms with E-state index >= 15 is 0 Å². The number of rotatable bonds is 6. The summed E-state index contributed by atoms with van der Waals surface area (Å²) in [5.74, 6) is 0. The smallest absolute Gasteiger partial charge is 0.269 e. The molecular weight excluding hydrogens is 314 g/mol. The van der Waals surface area contributed by atoms with Crippen molar-refractivity contribution in [2.45, 2.75) is 33.0 Å². The molecular formula is C17H22ClN3O2. The molecule has 2 N–H and O–H groups in total. The second-order valence-electron chi connectivity index (χ2n) is 5.67. The van der Waals surface area contributed by atoms with Gasteiger partial charge in [-0.05, 0) is 37.1 Å². The van der Waals surface area contributed by atoms with Crippen molar-refractivity contribution in [1.29, 1.82) is 0 Å². The van der Waals surface area contributed by atoms with Crippen molar-refractivity contribution >= 4 is 23.8 Å². The van der Waals surface area contributed by atoms with E-state index < -0.39 is 0 Å². The van der Waals surface area contributed by atoms with E-state index in [0.29, 0.717) is 6.04 Å². The fraction of sp³-hybridized carbons (Fsp3) is 0.294. The molecule has 0 aliphatic carbocycles. The largest absolute Gasteiger partial charge is 0.399 e. The van der Waals surface area contributed by atoms with Gasteiger partial charge in [-0.2, -0.15) is 0 Å². The molecule has 5 nitrogen and oxygen atoms in total. The number of hydrogen-bond donors (Lipinski definition) is 1. The Balaban J connectivity index is 0.00000264. The first-order chi connectivity index (χ1) is 10.5. The zero-order valence-electron chi connectivity index (χ0n) is 13.3. The molecule has 0 spiro atoms. The third-order valence-corrected chi connectivity index (χ3v) is 3.60. The van der Waals surface area contributed by atoms with E-state index in [1.54, 1.807) is 12.1 Å². The Hall–Kier alpha value is -2.11. The van der Waals surface area contributed by atoms with E-state index in [2.05, 4.69) is 24.8 Å². The number of hydrogen-bond acceptors (Lipinski definition) is 4. The third-order valence-electron chi connectivity index (χ3n) is 3.60. The van der Waals surface area contributed by atoms with Crippen LogP contribution in [0.3, 0.4) is 0 Å². The van der Waals surface area contributed by atoms with Crippen LogP contribution in [0, 0.1) is 10.1 Å². The number of halogens is 1. The maximum Gasteiger partial charge on any atom is 0.269 e. The van der Waals surface area contributed by atoms with E-state index in [9.17, 15) is 10.1 Å². The van der Waals surface area contributed by atoms with Crippen LogP contribution in [0.15, 0.2) is 48.5 Å². The SMILES string of the molecule is CC(C)N(Cc1ccc([N+](=O)[O-])cc1)Cc1cccc(N)c1.Cl. The first kappa shape index (κ1) is 18.9. The second-order valence-corrected chi connectivity index (χ2v) is 5.67. The molecule has 0 aliphatic rings. The molecule has 0 fully saturated rings. The van der Waals surface area contributed by atoms with E-state index in [4.69, 9.17) is 5.73 Å². The zero-order chi connectivity index (χ0) is 16.1. The lowest BCUT2D eigenvalue weighted by Gasteiger charge is -2.26. The molecule has 0 radical (unpaired) electrons. The average Bonchev–Trinajstić information content (AvgIpc) is 2.47. The molecule has 2 rings (SSSR count). The number of nitrogen functional groups attached to an aromatic ring is 1. The van der Waals surface area contributed by atoms with Crippen molar-refractivity contribution in [3.63, 3.8) is 0 Å². The molecule has 2 aromatic rings. The second kappa shape index (κ2) is 8.50. The Kier molecular flexibility index (Phi) is 7.00. The summed E-state index contributed by atoms with van der Waals surface area (Å²) < 4.78 is 0.